The summed E-state index contributed by atoms with van der Waals surface area (Å²) in [5, 5.41) is 3.73. The van der Waals surface area contributed by atoms with Gasteiger partial charge in [-0.2, -0.15) is 0 Å². The number of rotatable bonds is 7. The van der Waals surface area contributed by atoms with Crippen LogP contribution in [0.2, 0.25) is 10.0 Å². The molecule has 3 fully saturated rings. The normalized spacial score (nSPS) is 24.4. The van der Waals surface area contributed by atoms with Gasteiger partial charge in [-0.25, -0.2) is 8.42 Å². The summed E-state index contributed by atoms with van der Waals surface area (Å²) in [6.07, 6.45) is 4.87. The lowest BCUT2D eigenvalue weighted by Gasteiger charge is -2.42. The number of nitrogens with zero attached hydrogens (tertiary/aromatic N) is 3. The van der Waals surface area contributed by atoms with Gasteiger partial charge in [0.05, 0.1) is 14.9 Å². The molecule has 0 bridgehead atoms. The second kappa shape index (κ2) is 12.1. The van der Waals surface area contributed by atoms with Crippen molar-refractivity contribution in [2.45, 2.75) is 54.5 Å². The molecule has 1 aromatic carbocycles. The summed E-state index contributed by atoms with van der Waals surface area (Å²) in [5.74, 6) is -0.168. The number of halogens is 2. The molecule has 3 aliphatic rings. The molecule has 0 aromatic heterocycles. The number of sulfone groups is 1. The molecule has 1 N–H and O–H groups in total. The number of piperidine rings is 2. The fourth-order valence-corrected chi connectivity index (χ4v) is 7.35. The van der Waals surface area contributed by atoms with Crippen LogP contribution in [0.1, 0.15) is 32.1 Å². The lowest BCUT2D eigenvalue weighted by molar-refractivity contribution is -0.139. The number of amides is 1. The summed E-state index contributed by atoms with van der Waals surface area (Å²) in [5.41, 5.74) is -1.18. The van der Waals surface area contributed by atoms with Crippen molar-refractivity contribution in [2.75, 3.05) is 59.5 Å². The summed E-state index contributed by atoms with van der Waals surface area (Å²) in [6.45, 7) is 5.64. The van der Waals surface area contributed by atoms with Gasteiger partial charge < -0.3 is 19.9 Å². The van der Waals surface area contributed by atoms with E-state index in [1.54, 1.807) is 4.90 Å². The van der Waals surface area contributed by atoms with E-state index in [1.807, 2.05) is 0 Å². The molecular weight excluding hydrogens is 511 g/mol. The van der Waals surface area contributed by atoms with Gasteiger partial charge in [0, 0.05) is 38.3 Å². The monoisotopic (exact) mass is 546 g/mol. The SMILES string of the molecule is CN1CCC(N2CCN(C(=O)COC(C3CCCCN3)S(=O)(=O)c3ccc(Cl)c(Cl)c3)CC2)CC1. The van der Waals surface area contributed by atoms with Gasteiger partial charge in [0.2, 0.25) is 15.7 Å². The fraction of sp³-hybridized carbons (Fsp3) is 0.708. The summed E-state index contributed by atoms with van der Waals surface area (Å²) < 4.78 is 33.0. The molecule has 11 heteroatoms. The van der Waals surface area contributed by atoms with Crippen LogP contribution < -0.4 is 5.32 Å². The zero-order valence-corrected chi connectivity index (χ0v) is 22.6. The molecule has 3 saturated heterocycles. The van der Waals surface area contributed by atoms with Crippen LogP contribution in [0.3, 0.4) is 0 Å². The highest BCUT2D eigenvalue weighted by Gasteiger charge is 2.38. The van der Waals surface area contributed by atoms with Crippen molar-refractivity contribution in [3.05, 3.63) is 28.2 Å². The maximum absolute atomic E-state index is 13.5. The minimum Gasteiger partial charge on any atom is -0.350 e. The van der Waals surface area contributed by atoms with E-state index in [0.717, 1.165) is 51.9 Å². The lowest BCUT2D eigenvalue weighted by atomic mass is 10.0. The zero-order valence-electron chi connectivity index (χ0n) is 20.3. The highest BCUT2D eigenvalue weighted by molar-refractivity contribution is 7.92. The molecule has 3 heterocycles. The number of likely N-dealkylation sites (tertiary alicyclic amines) is 1. The maximum Gasteiger partial charge on any atom is 0.248 e. The van der Waals surface area contributed by atoms with Crippen LogP contribution in [0.25, 0.3) is 0 Å². The molecule has 1 amide bonds. The lowest BCUT2D eigenvalue weighted by Crippen LogP contribution is -2.55. The predicted molar refractivity (Wildman–Crippen MR) is 138 cm³/mol. The Labute approximate surface area is 218 Å². The van der Waals surface area contributed by atoms with Crippen molar-refractivity contribution >= 4 is 38.9 Å². The second-order valence-electron chi connectivity index (χ2n) is 9.81. The molecule has 2 atom stereocenters. The van der Waals surface area contributed by atoms with Crippen LogP contribution in [0.5, 0.6) is 0 Å². The van der Waals surface area contributed by atoms with Crippen LogP contribution in [0.4, 0.5) is 0 Å². The fourth-order valence-electron chi connectivity index (χ4n) is 5.26. The van der Waals surface area contributed by atoms with Crippen molar-refractivity contribution in [2.24, 2.45) is 0 Å². The third-order valence-corrected chi connectivity index (χ3v) is 10.2. The van der Waals surface area contributed by atoms with Gasteiger partial charge in [0.25, 0.3) is 0 Å². The first-order valence-corrected chi connectivity index (χ1v) is 14.8. The van der Waals surface area contributed by atoms with Crippen LogP contribution in [0.15, 0.2) is 23.1 Å². The maximum atomic E-state index is 13.5. The van der Waals surface area contributed by atoms with Gasteiger partial charge in [0.1, 0.15) is 6.61 Å². The Bertz CT molecular complexity index is 974. The molecular formula is C24H36Cl2N4O4S. The number of hydrogen-bond donors (Lipinski definition) is 1. The largest absolute Gasteiger partial charge is 0.350 e. The van der Waals surface area contributed by atoms with Crippen LogP contribution >= 0.6 is 23.2 Å². The molecule has 1 aromatic rings. The molecule has 0 spiro atoms. The Morgan fingerprint density at radius 1 is 1.06 bits per heavy atom. The van der Waals surface area contributed by atoms with Gasteiger partial charge in [-0.1, -0.05) is 29.6 Å². The van der Waals surface area contributed by atoms with E-state index in [2.05, 4.69) is 22.2 Å². The standard InChI is InChI=1S/C24H36Cl2N4O4S/c1-28-10-7-18(8-11-28)29-12-14-30(15-13-29)23(31)17-34-24(22-4-2-3-9-27-22)35(32,33)19-5-6-20(25)21(26)16-19/h5-6,16,18,22,24,27H,2-4,7-15,17H2,1H3. The van der Waals surface area contributed by atoms with E-state index in [0.29, 0.717) is 32.1 Å². The highest BCUT2D eigenvalue weighted by Crippen LogP contribution is 2.29. The number of nitrogens with one attached hydrogen (secondary N) is 1. The van der Waals surface area contributed by atoms with Crippen LogP contribution in [-0.4, -0.2) is 106 Å². The van der Waals surface area contributed by atoms with E-state index in [4.69, 9.17) is 27.9 Å². The molecule has 8 nitrogen and oxygen atoms in total. The summed E-state index contributed by atoms with van der Waals surface area (Å²) >= 11 is 12.1. The van der Waals surface area contributed by atoms with E-state index < -0.39 is 21.3 Å². The molecule has 4 rings (SSSR count). The van der Waals surface area contributed by atoms with Gasteiger partial charge in [-0.15, -0.1) is 0 Å². The summed E-state index contributed by atoms with van der Waals surface area (Å²) in [6, 6.07) is 4.45. The Balaban J connectivity index is 1.38. The van der Waals surface area contributed by atoms with Gasteiger partial charge in [-0.3, -0.25) is 9.69 Å². The van der Waals surface area contributed by atoms with Crippen molar-refractivity contribution in [1.29, 1.82) is 0 Å². The number of hydrogen-bond acceptors (Lipinski definition) is 7. The van der Waals surface area contributed by atoms with Crippen molar-refractivity contribution in [3.8, 4) is 0 Å². The van der Waals surface area contributed by atoms with Gasteiger partial charge in [-0.05, 0) is 70.6 Å². The first-order valence-electron chi connectivity index (χ1n) is 12.5. The minimum atomic E-state index is -3.90. The molecule has 0 aliphatic carbocycles. The summed E-state index contributed by atoms with van der Waals surface area (Å²) in [4.78, 5) is 19.7. The Hall–Kier alpha value is -0.940. The number of benzene rings is 1. The number of ether oxygens (including phenoxy) is 1. The predicted octanol–water partition coefficient (Wildman–Crippen LogP) is 2.49. The van der Waals surface area contributed by atoms with Gasteiger partial charge in [0.15, 0.2) is 5.44 Å². The van der Waals surface area contributed by atoms with Gasteiger partial charge >= 0.3 is 0 Å². The third-order valence-electron chi connectivity index (χ3n) is 7.44. The number of carbonyl (C=O) groups is 1. The van der Waals surface area contributed by atoms with Crippen LogP contribution in [0, 0.1) is 0 Å². The van der Waals surface area contributed by atoms with E-state index in [1.165, 1.54) is 18.2 Å². The Morgan fingerprint density at radius 3 is 2.40 bits per heavy atom. The molecule has 0 radical (unpaired) electrons. The molecule has 2 unspecified atom stereocenters. The Morgan fingerprint density at radius 2 is 1.77 bits per heavy atom. The number of piperazine rings is 1. The number of carbonyl (C=O) groups excluding carboxylic acids is 1. The first-order chi connectivity index (χ1) is 16.8. The molecule has 3 aliphatic heterocycles. The topological polar surface area (TPSA) is 82.2 Å². The van der Waals surface area contributed by atoms with Crippen molar-refractivity contribution in [1.82, 2.24) is 20.0 Å². The first kappa shape index (κ1) is 27.1. The highest BCUT2D eigenvalue weighted by atomic mass is 35.5. The Kier molecular flexibility index (Phi) is 9.35. The average Bonchev–Trinajstić information content (AvgIpc) is 2.86. The minimum absolute atomic E-state index is 0.0449. The second-order valence-corrected chi connectivity index (χ2v) is 12.6. The van der Waals surface area contributed by atoms with E-state index >= 15 is 0 Å². The molecule has 0 saturated carbocycles. The quantitative estimate of drug-likeness (QED) is 0.562. The zero-order chi connectivity index (χ0) is 25.0. The summed E-state index contributed by atoms with van der Waals surface area (Å²) in [7, 11) is -1.75. The smallest absolute Gasteiger partial charge is 0.248 e. The average molecular weight is 548 g/mol. The molecule has 196 valence electrons. The van der Waals surface area contributed by atoms with E-state index in [9.17, 15) is 13.2 Å². The van der Waals surface area contributed by atoms with Crippen molar-refractivity contribution < 1.29 is 17.9 Å². The van der Waals surface area contributed by atoms with Crippen molar-refractivity contribution in [3.63, 3.8) is 0 Å². The third kappa shape index (κ3) is 6.69. The molecule has 35 heavy (non-hydrogen) atoms. The van der Waals surface area contributed by atoms with Crippen LogP contribution in [-0.2, 0) is 19.4 Å². The van der Waals surface area contributed by atoms with E-state index in [-0.39, 0.29) is 27.5 Å².